The van der Waals surface area contributed by atoms with Gasteiger partial charge in [0, 0.05) is 25.2 Å². The second-order valence-electron chi connectivity index (χ2n) is 6.57. The highest BCUT2D eigenvalue weighted by Gasteiger charge is 2.26. The van der Waals surface area contributed by atoms with E-state index in [1.807, 2.05) is 32.9 Å². The van der Waals surface area contributed by atoms with Crippen molar-refractivity contribution in [3.8, 4) is 0 Å². The molecule has 1 amide bonds. The van der Waals surface area contributed by atoms with Crippen molar-refractivity contribution in [2.45, 2.75) is 40.0 Å². The zero-order valence-corrected chi connectivity index (χ0v) is 14.9. The smallest absolute Gasteiger partial charge is 0.310 e. The zero-order chi connectivity index (χ0) is 17.5. The summed E-state index contributed by atoms with van der Waals surface area (Å²) >= 11 is 0. The lowest BCUT2D eigenvalue weighted by Crippen LogP contribution is -2.40. The van der Waals surface area contributed by atoms with Gasteiger partial charge in [-0.15, -0.1) is 0 Å². The monoisotopic (exact) mass is 332 g/mol. The van der Waals surface area contributed by atoms with E-state index in [-0.39, 0.29) is 17.8 Å². The van der Waals surface area contributed by atoms with Crippen LogP contribution in [-0.2, 0) is 14.3 Å². The number of nitrogens with zero attached hydrogens (tertiary/aromatic N) is 1. The summed E-state index contributed by atoms with van der Waals surface area (Å²) in [4.78, 5) is 26.2. The number of carbonyl (C=O) groups is 2. The number of aryl methyl sites for hydroxylation is 2. The number of rotatable bonds is 6. The first-order chi connectivity index (χ1) is 11.5. The number of hydrogen-bond donors (Lipinski definition) is 1. The summed E-state index contributed by atoms with van der Waals surface area (Å²) < 4.78 is 5.11. The van der Waals surface area contributed by atoms with Crippen molar-refractivity contribution in [2.75, 3.05) is 31.6 Å². The molecule has 0 radical (unpaired) electrons. The molecule has 1 atom stereocenters. The number of ether oxygens (including phenoxy) is 1. The van der Waals surface area contributed by atoms with Gasteiger partial charge in [0.1, 0.15) is 0 Å². The minimum Gasteiger partial charge on any atom is -0.466 e. The fourth-order valence-corrected chi connectivity index (χ4v) is 3.24. The Morgan fingerprint density at radius 3 is 2.62 bits per heavy atom. The van der Waals surface area contributed by atoms with Gasteiger partial charge in [-0.25, -0.2) is 0 Å². The number of piperidine rings is 1. The standard InChI is InChI=1S/C19H28N2O3/c1-4-24-19(23)16-6-5-8-21(13-16)9-7-18(22)20-17-11-14(2)10-15(3)12-17/h10-12,16H,4-9,13H2,1-3H3,(H,20,22)/t16-/m0/s1. The van der Waals surface area contributed by atoms with Crippen LogP contribution in [0.25, 0.3) is 0 Å². The van der Waals surface area contributed by atoms with Gasteiger partial charge in [0.2, 0.25) is 5.91 Å². The van der Waals surface area contributed by atoms with E-state index in [4.69, 9.17) is 4.74 Å². The predicted molar refractivity (Wildman–Crippen MR) is 95.0 cm³/mol. The molecule has 0 aliphatic carbocycles. The first kappa shape index (κ1) is 18.5. The number of hydrogen-bond acceptors (Lipinski definition) is 4. The van der Waals surface area contributed by atoms with Gasteiger partial charge in [-0.2, -0.15) is 0 Å². The lowest BCUT2D eigenvalue weighted by atomic mass is 9.98. The van der Waals surface area contributed by atoms with Crippen molar-refractivity contribution in [1.29, 1.82) is 0 Å². The highest BCUT2D eigenvalue weighted by Crippen LogP contribution is 2.18. The molecule has 24 heavy (non-hydrogen) atoms. The summed E-state index contributed by atoms with van der Waals surface area (Å²) in [6.45, 7) is 8.59. The van der Waals surface area contributed by atoms with Gasteiger partial charge in [0.25, 0.3) is 0 Å². The molecular formula is C19H28N2O3. The Morgan fingerprint density at radius 2 is 1.96 bits per heavy atom. The molecule has 1 aliphatic heterocycles. The lowest BCUT2D eigenvalue weighted by Gasteiger charge is -2.31. The van der Waals surface area contributed by atoms with Gasteiger partial charge < -0.3 is 15.0 Å². The number of esters is 1. The fourth-order valence-electron chi connectivity index (χ4n) is 3.24. The minimum atomic E-state index is -0.109. The molecule has 0 saturated carbocycles. The summed E-state index contributed by atoms with van der Waals surface area (Å²) in [5, 5.41) is 2.96. The van der Waals surface area contributed by atoms with Crippen molar-refractivity contribution >= 4 is 17.6 Å². The molecule has 1 saturated heterocycles. The van der Waals surface area contributed by atoms with Gasteiger partial charge in [0.15, 0.2) is 0 Å². The van der Waals surface area contributed by atoms with Crippen molar-refractivity contribution < 1.29 is 14.3 Å². The summed E-state index contributed by atoms with van der Waals surface area (Å²) in [6.07, 6.45) is 2.29. The first-order valence-electron chi connectivity index (χ1n) is 8.75. The molecule has 132 valence electrons. The van der Waals surface area contributed by atoms with Gasteiger partial charge >= 0.3 is 5.97 Å². The topological polar surface area (TPSA) is 58.6 Å². The van der Waals surface area contributed by atoms with E-state index in [0.29, 0.717) is 26.1 Å². The Bertz CT molecular complexity index is 566. The second kappa shape index (κ2) is 8.83. The van der Waals surface area contributed by atoms with Crippen LogP contribution in [0.4, 0.5) is 5.69 Å². The Morgan fingerprint density at radius 1 is 1.25 bits per heavy atom. The molecule has 1 aliphatic rings. The third-order valence-electron chi connectivity index (χ3n) is 4.29. The molecular weight excluding hydrogens is 304 g/mol. The minimum absolute atomic E-state index is 0.0123. The number of nitrogens with one attached hydrogen (secondary N) is 1. The lowest BCUT2D eigenvalue weighted by molar-refractivity contribution is -0.149. The maximum Gasteiger partial charge on any atom is 0.310 e. The quantitative estimate of drug-likeness (QED) is 0.814. The average Bonchev–Trinajstić information content (AvgIpc) is 2.52. The fraction of sp³-hybridized carbons (Fsp3) is 0.579. The van der Waals surface area contributed by atoms with Crippen molar-refractivity contribution in [1.82, 2.24) is 4.90 Å². The van der Waals surface area contributed by atoms with Crippen molar-refractivity contribution in [3.05, 3.63) is 29.3 Å². The molecule has 0 bridgehead atoms. The highest BCUT2D eigenvalue weighted by atomic mass is 16.5. The Hall–Kier alpha value is -1.88. The molecule has 1 heterocycles. The van der Waals surface area contributed by atoms with Gasteiger partial charge in [-0.05, 0) is 63.4 Å². The average molecular weight is 332 g/mol. The van der Waals surface area contributed by atoms with Crippen LogP contribution in [0.5, 0.6) is 0 Å². The molecule has 0 aromatic heterocycles. The predicted octanol–water partition coefficient (Wildman–Crippen LogP) is 2.91. The van der Waals surface area contributed by atoms with Crippen LogP contribution in [0.2, 0.25) is 0 Å². The van der Waals surface area contributed by atoms with Crippen LogP contribution in [0.1, 0.15) is 37.3 Å². The molecule has 1 fully saturated rings. The molecule has 2 rings (SSSR count). The number of likely N-dealkylation sites (tertiary alicyclic amines) is 1. The van der Waals surface area contributed by atoms with Gasteiger partial charge in [-0.1, -0.05) is 6.07 Å². The molecule has 1 N–H and O–H groups in total. The van der Waals surface area contributed by atoms with Crippen LogP contribution in [-0.4, -0.2) is 43.0 Å². The van der Waals surface area contributed by atoms with E-state index in [9.17, 15) is 9.59 Å². The number of carbonyl (C=O) groups excluding carboxylic acids is 2. The van der Waals surface area contributed by atoms with E-state index in [0.717, 1.165) is 36.2 Å². The Labute approximate surface area is 144 Å². The van der Waals surface area contributed by atoms with E-state index in [2.05, 4.69) is 16.3 Å². The summed E-state index contributed by atoms with van der Waals surface area (Å²) in [5.41, 5.74) is 3.12. The summed E-state index contributed by atoms with van der Waals surface area (Å²) in [5.74, 6) is -0.152. The zero-order valence-electron chi connectivity index (χ0n) is 14.9. The molecule has 0 unspecified atom stereocenters. The second-order valence-corrected chi connectivity index (χ2v) is 6.57. The van der Waals surface area contributed by atoms with Crippen LogP contribution in [0, 0.1) is 19.8 Å². The van der Waals surface area contributed by atoms with Crippen molar-refractivity contribution in [2.24, 2.45) is 5.92 Å². The van der Waals surface area contributed by atoms with Crippen LogP contribution in [0.3, 0.4) is 0 Å². The number of benzene rings is 1. The largest absolute Gasteiger partial charge is 0.466 e. The summed E-state index contributed by atoms with van der Waals surface area (Å²) in [6, 6.07) is 6.03. The molecule has 5 heteroatoms. The van der Waals surface area contributed by atoms with E-state index in [1.165, 1.54) is 0 Å². The number of amides is 1. The van der Waals surface area contributed by atoms with Gasteiger partial charge in [0.05, 0.1) is 12.5 Å². The van der Waals surface area contributed by atoms with Crippen LogP contribution in [0.15, 0.2) is 18.2 Å². The van der Waals surface area contributed by atoms with Gasteiger partial charge in [-0.3, -0.25) is 9.59 Å². The highest BCUT2D eigenvalue weighted by molar-refractivity contribution is 5.91. The summed E-state index contributed by atoms with van der Waals surface area (Å²) in [7, 11) is 0. The maximum atomic E-state index is 12.2. The third kappa shape index (κ3) is 5.64. The SMILES string of the molecule is CCOC(=O)[C@H]1CCCN(CCC(=O)Nc2cc(C)cc(C)c2)C1. The molecule has 1 aromatic rings. The Balaban J connectivity index is 1.79. The third-order valence-corrected chi connectivity index (χ3v) is 4.29. The molecule has 1 aromatic carbocycles. The normalized spacial score (nSPS) is 18.2. The molecule has 0 spiro atoms. The number of anilines is 1. The van der Waals surface area contributed by atoms with E-state index in [1.54, 1.807) is 0 Å². The Kier molecular flexibility index (Phi) is 6.79. The maximum absolute atomic E-state index is 12.2. The molecule has 5 nitrogen and oxygen atoms in total. The van der Waals surface area contributed by atoms with Crippen molar-refractivity contribution in [3.63, 3.8) is 0 Å². The first-order valence-corrected chi connectivity index (χ1v) is 8.75. The van der Waals surface area contributed by atoms with Crippen LogP contribution < -0.4 is 5.32 Å². The van der Waals surface area contributed by atoms with E-state index < -0.39 is 0 Å². The van der Waals surface area contributed by atoms with Crippen LogP contribution >= 0.6 is 0 Å². The van der Waals surface area contributed by atoms with E-state index >= 15 is 0 Å².